The molecule has 1 saturated heterocycles. The minimum absolute atomic E-state index is 0.145. The lowest BCUT2D eigenvalue weighted by Crippen LogP contribution is -2.42. The Bertz CT molecular complexity index is 337. The summed E-state index contributed by atoms with van der Waals surface area (Å²) in [5.41, 5.74) is 0. The number of hydrogen-bond acceptors (Lipinski definition) is 3. The number of imidazole rings is 1. The van der Waals surface area contributed by atoms with Crippen molar-refractivity contribution in [1.82, 2.24) is 14.9 Å². The molecule has 1 aliphatic rings. The molecule has 0 saturated carbocycles. The molecule has 5 heteroatoms. The van der Waals surface area contributed by atoms with Gasteiger partial charge in [0.15, 0.2) is 0 Å². The average Bonchev–Trinajstić information content (AvgIpc) is 2.69. The number of piperidine rings is 1. The van der Waals surface area contributed by atoms with Crippen molar-refractivity contribution in [1.29, 1.82) is 0 Å². The molecule has 0 radical (unpaired) electrons. The number of anilines is 1. The number of amides is 1. The van der Waals surface area contributed by atoms with Crippen LogP contribution in [0.1, 0.15) is 19.8 Å². The highest BCUT2D eigenvalue weighted by molar-refractivity contribution is 5.76. The maximum absolute atomic E-state index is 11.0. The summed E-state index contributed by atoms with van der Waals surface area (Å²) in [4.78, 5) is 15.2. The minimum atomic E-state index is 0.145. The molecule has 0 aliphatic carbocycles. The molecule has 2 rings (SSSR count). The van der Waals surface area contributed by atoms with Gasteiger partial charge in [-0.1, -0.05) is 0 Å². The molecule has 1 aliphatic heterocycles. The Morgan fingerprint density at radius 1 is 1.73 bits per heavy atom. The quantitative estimate of drug-likeness (QED) is 0.764. The van der Waals surface area contributed by atoms with Gasteiger partial charge in [-0.3, -0.25) is 4.79 Å². The third kappa shape index (κ3) is 2.29. The highest BCUT2D eigenvalue weighted by Gasteiger charge is 2.18. The number of carbonyl (C=O) groups excluding carboxylic acids is 1. The highest BCUT2D eigenvalue weighted by Crippen LogP contribution is 2.10. The summed E-state index contributed by atoms with van der Waals surface area (Å²) < 4.78 is 2.05. The normalized spacial score (nSPS) is 21.1. The zero-order valence-electron chi connectivity index (χ0n) is 8.86. The van der Waals surface area contributed by atoms with Gasteiger partial charge in [0, 0.05) is 37.9 Å². The van der Waals surface area contributed by atoms with Crippen molar-refractivity contribution in [3.8, 4) is 0 Å². The third-order valence-electron chi connectivity index (χ3n) is 2.65. The Morgan fingerprint density at radius 2 is 2.60 bits per heavy atom. The highest BCUT2D eigenvalue weighted by atomic mass is 16.1. The lowest BCUT2D eigenvalue weighted by molar-refractivity contribution is -0.122. The van der Waals surface area contributed by atoms with Crippen molar-refractivity contribution in [3.05, 3.63) is 12.4 Å². The largest absolute Gasteiger partial charge is 0.354 e. The fourth-order valence-corrected chi connectivity index (χ4v) is 1.74. The first-order valence-electron chi connectivity index (χ1n) is 5.34. The van der Waals surface area contributed by atoms with Crippen molar-refractivity contribution >= 4 is 11.9 Å². The first-order valence-corrected chi connectivity index (χ1v) is 5.34. The van der Waals surface area contributed by atoms with E-state index in [9.17, 15) is 4.79 Å². The van der Waals surface area contributed by atoms with Crippen LogP contribution in [0, 0.1) is 0 Å². The maximum atomic E-state index is 11.0. The molecule has 1 unspecified atom stereocenters. The van der Waals surface area contributed by atoms with Crippen LogP contribution in [-0.4, -0.2) is 28.0 Å². The molecule has 15 heavy (non-hydrogen) atoms. The zero-order chi connectivity index (χ0) is 10.7. The second kappa shape index (κ2) is 4.33. The average molecular weight is 208 g/mol. The summed E-state index contributed by atoms with van der Waals surface area (Å²) in [6.45, 7) is 3.67. The Kier molecular flexibility index (Phi) is 2.89. The SMILES string of the molecule is CCn1ccnc1NC1CCC(=O)NC1. The van der Waals surface area contributed by atoms with Gasteiger partial charge in [-0.25, -0.2) is 4.98 Å². The molecule has 0 spiro atoms. The first-order chi connectivity index (χ1) is 7.29. The van der Waals surface area contributed by atoms with Crippen LogP contribution in [0.15, 0.2) is 12.4 Å². The van der Waals surface area contributed by atoms with E-state index in [0.717, 1.165) is 18.9 Å². The lowest BCUT2D eigenvalue weighted by Gasteiger charge is -2.24. The number of nitrogens with zero attached hydrogens (tertiary/aromatic N) is 2. The number of rotatable bonds is 3. The number of aryl methyl sites for hydroxylation is 1. The topological polar surface area (TPSA) is 59.0 Å². The second-order valence-corrected chi connectivity index (χ2v) is 3.72. The van der Waals surface area contributed by atoms with Gasteiger partial charge in [-0.2, -0.15) is 0 Å². The third-order valence-corrected chi connectivity index (χ3v) is 2.65. The standard InChI is InChI=1S/C10H16N4O/c1-2-14-6-5-11-10(14)13-8-3-4-9(15)12-7-8/h5-6,8H,2-4,7H2,1H3,(H,11,13)(H,12,15). The van der Waals surface area contributed by atoms with Gasteiger partial charge in [-0.15, -0.1) is 0 Å². The summed E-state index contributed by atoms with van der Waals surface area (Å²) in [5, 5.41) is 6.18. The fourth-order valence-electron chi connectivity index (χ4n) is 1.74. The molecule has 82 valence electrons. The van der Waals surface area contributed by atoms with Gasteiger partial charge in [0.25, 0.3) is 0 Å². The van der Waals surface area contributed by atoms with Crippen molar-refractivity contribution < 1.29 is 4.79 Å². The molecule has 5 nitrogen and oxygen atoms in total. The summed E-state index contributed by atoms with van der Waals surface area (Å²) in [5.74, 6) is 1.03. The molecule has 1 amide bonds. The van der Waals surface area contributed by atoms with E-state index in [1.165, 1.54) is 0 Å². The molecule has 1 aromatic rings. The molecule has 1 atom stereocenters. The molecule has 1 aromatic heterocycles. The van der Waals surface area contributed by atoms with Gasteiger partial charge >= 0.3 is 0 Å². The molecule has 0 bridgehead atoms. The lowest BCUT2D eigenvalue weighted by atomic mass is 10.1. The maximum Gasteiger partial charge on any atom is 0.220 e. The molecule has 2 N–H and O–H groups in total. The Balaban J connectivity index is 1.94. The van der Waals surface area contributed by atoms with Gasteiger partial charge in [0.05, 0.1) is 0 Å². The predicted molar refractivity (Wildman–Crippen MR) is 57.6 cm³/mol. The number of nitrogens with one attached hydrogen (secondary N) is 2. The van der Waals surface area contributed by atoms with Crippen molar-refractivity contribution in [3.63, 3.8) is 0 Å². The summed E-state index contributed by atoms with van der Waals surface area (Å²) >= 11 is 0. The summed E-state index contributed by atoms with van der Waals surface area (Å²) in [6.07, 6.45) is 5.21. The van der Waals surface area contributed by atoms with Gasteiger partial charge in [0.2, 0.25) is 11.9 Å². The van der Waals surface area contributed by atoms with Gasteiger partial charge in [-0.05, 0) is 13.3 Å². The zero-order valence-corrected chi connectivity index (χ0v) is 8.86. The van der Waals surface area contributed by atoms with E-state index in [2.05, 4.69) is 27.1 Å². The van der Waals surface area contributed by atoms with Crippen molar-refractivity contribution in [2.75, 3.05) is 11.9 Å². The molecule has 1 fully saturated rings. The van der Waals surface area contributed by atoms with E-state index in [1.807, 2.05) is 6.20 Å². The van der Waals surface area contributed by atoms with E-state index in [4.69, 9.17) is 0 Å². The van der Waals surface area contributed by atoms with Crippen LogP contribution in [0.5, 0.6) is 0 Å². The Labute approximate surface area is 88.9 Å². The van der Waals surface area contributed by atoms with E-state index in [-0.39, 0.29) is 5.91 Å². The molecular weight excluding hydrogens is 192 g/mol. The predicted octanol–water partition coefficient (Wildman–Crippen LogP) is 0.593. The van der Waals surface area contributed by atoms with Crippen molar-refractivity contribution in [2.24, 2.45) is 0 Å². The summed E-state index contributed by atoms with van der Waals surface area (Å²) in [7, 11) is 0. The number of aromatic nitrogens is 2. The van der Waals surface area contributed by atoms with E-state index in [1.54, 1.807) is 6.20 Å². The monoisotopic (exact) mass is 208 g/mol. The Hall–Kier alpha value is -1.52. The van der Waals surface area contributed by atoms with Crippen LogP contribution in [-0.2, 0) is 11.3 Å². The number of hydrogen-bond donors (Lipinski definition) is 2. The van der Waals surface area contributed by atoms with Crippen molar-refractivity contribution in [2.45, 2.75) is 32.4 Å². The molecule has 0 aromatic carbocycles. The fraction of sp³-hybridized carbons (Fsp3) is 0.600. The van der Waals surface area contributed by atoms with Crippen LogP contribution >= 0.6 is 0 Å². The first kappa shape index (κ1) is 10.0. The van der Waals surface area contributed by atoms with Crippen LogP contribution in [0.3, 0.4) is 0 Å². The van der Waals surface area contributed by atoms with E-state index >= 15 is 0 Å². The number of carbonyl (C=O) groups is 1. The Morgan fingerprint density at radius 3 is 3.27 bits per heavy atom. The van der Waals surface area contributed by atoms with Crippen LogP contribution in [0.2, 0.25) is 0 Å². The molecule has 2 heterocycles. The minimum Gasteiger partial charge on any atom is -0.354 e. The van der Waals surface area contributed by atoms with Crippen LogP contribution in [0.4, 0.5) is 5.95 Å². The van der Waals surface area contributed by atoms with Crippen LogP contribution in [0.25, 0.3) is 0 Å². The molecular formula is C10H16N4O. The van der Waals surface area contributed by atoms with E-state index < -0.39 is 0 Å². The van der Waals surface area contributed by atoms with Gasteiger partial charge < -0.3 is 15.2 Å². The van der Waals surface area contributed by atoms with Crippen LogP contribution < -0.4 is 10.6 Å². The van der Waals surface area contributed by atoms with Gasteiger partial charge in [0.1, 0.15) is 0 Å². The summed E-state index contributed by atoms with van der Waals surface area (Å²) in [6, 6.07) is 0.301. The second-order valence-electron chi connectivity index (χ2n) is 3.72. The smallest absolute Gasteiger partial charge is 0.220 e. The van der Waals surface area contributed by atoms with E-state index in [0.29, 0.717) is 19.0 Å².